The van der Waals surface area contributed by atoms with E-state index in [0.29, 0.717) is 30.2 Å². The predicted octanol–water partition coefficient (Wildman–Crippen LogP) is 9.78. The molecular weight excluding hydrogens is 920 g/mol. The average Bonchev–Trinajstić information content (AvgIpc) is 3.30. The van der Waals surface area contributed by atoms with Crippen LogP contribution in [0.25, 0.3) is 21.5 Å². The second kappa shape index (κ2) is 21.9. The molecule has 2 aliphatic rings. The minimum Gasteiger partial charge on any atom is -0.506 e. The van der Waals surface area contributed by atoms with Gasteiger partial charge in [-0.05, 0) is 80.0 Å². The second-order valence-corrected chi connectivity index (χ2v) is 18.2. The normalized spacial score (nSPS) is 12.5. The minimum atomic E-state index is -0.527. The van der Waals surface area contributed by atoms with Crippen molar-refractivity contribution in [2.24, 2.45) is 0 Å². The fourth-order valence-corrected chi connectivity index (χ4v) is 10.2. The number of phenolic OH excluding ortho intramolecular Hbond substituents is 4. The van der Waals surface area contributed by atoms with Crippen LogP contribution in [0.15, 0.2) is 82.6 Å². The molecule has 0 radical (unpaired) electrons. The van der Waals surface area contributed by atoms with E-state index in [2.05, 4.69) is 12.6 Å². The van der Waals surface area contributed by atoms with Gasteiger partial charge >= 0.3 is 0 Å². The molecular formula is C48H44Cl2O11S3. The van der Waals surface area contributed by atoms with Crippen molar-refractivity contribution in [2.75, 3.05) is 37.1 Å². The van der Waals surface area contributed by atoms with E-state index in [0.717, 1.165) is 52.7 Å². The van der Waals surface area contributed by atoms with Crippen molar-refractivity contribution < 1.29 is 54.9 Å². The van der Waals surface area contributed by atoms with E-state index in [9.17, 15) is 39.6 Å². The van der Waals surface area contributed by atoms with Crippen LogP contribution in [0.1, 0.15) is 102 Å². The first-order valence-corrected chi connectivity index (χ1v) is 23.7. The van der Waals surface area contributed by atoms with Crippen LogP contribution in [-0.2, 0) is 0 Å². The summed E-state index contributed by atoms with van der Waals surface area (Å²) in [5.41, 5.74) is 0.0337. The number of ketones is 4. The molecule has 0 amide bonds. The van der Waals surface area contributed by atoms with Gasteiger partial charge in [0.05, 0.1) is 32.3 Å². The molecule has 0 atom stereocenters. The number of carbonyl (C=O) groups excluding carboxylic acids is 4. The SMILES string of the molecule is O=C1c2ccccc2C(=O)c2c1c(O)c1cc(Cl)c(Cl)cc1c2O.O=C1c2ccccc2C(=O)c2c1c(O)c1cc(SCCCCO)c(SCCCCO)cc1c2O.OCCCCS. The highest BCUT2D eigenvalue weighted by Crippen LogP contribution is 2.49. The Bertz CT molecular complexity index is 2610. The zero-order valence-electron chi connectivity index (χ0n) is 34.2. The highest BCUT2D eigenvalue weighted by Gasteiger charge is 2.38. The molecule has 0 heterocycles. The fourth-order valence-electron chi connectivity index (χ4n) is 7.33. The molecule has 6 aromatic rings. The van der Waals surface area contributed by atoms with Crippen LogP contribution >= 0.6 is 59.4 Å². The van der Waals surface area contributed by atoms with Gasteiger partial charge in [0.15, 0.2) is 23.1 Å². The van der Waals surface area contributed by atoms with Crippen molar-refractivity contribution in [1.82, 2.24) is 0 Å². The zero-order chi connectivity index (χ0) is 46.2. The van der Waals surface area contributed by atoms with Crippen molar-refractivity contribution in [3.63, 3.8) is 0 Å². The lowest BCUT2D eigenvalue weighted by Gasteiger charge is -2.22. The number of aliphatic hydroxyl groups excluding tert-OH is 3. The van der Waals surface area contributed by atoms with E-state index in [-0.39, 0.29) is 90.0 Å². The molecule has 0 aliphatic heterocycles. The minimum absolute atomic E-state index is 0.124. The van der Waals surface area contributed by atoms with Gasteiger partial charge in [-0.3, -0.25) is 19.2 Å². The lowest BCUT2D eigenvalue weighted by molar-refractivity contribution is 0.0974. The number of halogens is 2. The molecule has 7 N–H and O–H groups in total. The molecule has 0 fully saturated rings. The summed E-state index contributed by atoms with van der Waals surface area (Å²) in [6, 6.07) is 18.9. The number of thiol groups is 1. The first-order chi connectivity index (χ1) is 30.8. The smallest absolute Gasteiger partial charge is 0.198 e. The van der Waals surface area contributed by atoms with Gasteiger partial charge in [-0.15, -0.1) is 23.5 Å². The largest absolute Gasteiger partial charge is 0.506 e. The number of hydrogen-bond donors (Lipinski definition) is 8. The van der Waals surface area contributed by atoms with Crippen molar-refractivity contribution in [2.45, 2.75) is 48.3 Å². The molecule has 0 saturated carbocycles. The maximum absolute atomic E-state index is 13.2. The van der Waals surface area contributed by atoms with Gasteiger partial charge in [0, 0.05) is 73.4 Å². The van der Waals surface area contributed by atoms with Crippen LogP contribution in [0.4, 0.5) is 0 Å². The van der Waals surface area contributed by atoms with E-state index in [1.54, 1.807) is 72.1 Å². The molecule has 16 heteroatoms. The predicted molar refractivity (Wildman–Crippen MR) is 255 cm³/mol. The number of hydrogen-bond acceptors (Lipinski definition) is 14. The van der Waals surface area contributed by atoms with E-state index >= 15 is 0 Å². The fraction of sp³-hybridized carbons (Fsp3) is 0.250. The third-order valence-corrected chi connectivity index (χ3v) is 14.0. The van der Waals surface area contributed by atoms with Crippen LogP contribution in [0.2, 0.25) is 10.0 Å². The van der Waals surface area contributed by atoms with Crippen LogP contribution in [0.5, 0.6) is 23.0 Å². The molecule has 0 spiro atoms. The van der Waals surface area contributed by atoms with Crippen molar-refractivity contribution >= 4 is 104 Å². The zero-order valence-corrected chi connectivity index (χ0v) is 38.2. The van der Waals surface area contributed by atoms with Gasteiger partial charge < -0.3 is 35.7 Å². The summed E-state index contributed by atoms with van der Waals surface area (Å²) in [6.07, 6.45) is 4.94. The Hall–Kier alpha value is -4.77. The van der Waals surface area contributed by atoms with Crippen LogP contribution in [0, 0.1) is 0 Å². The summed E-state index contributed by atoms with van der Waals surface area (Å²) in [5, 5.41) is 71.0. The van der Waals surface area contributed by atoms with Gasteiger partial charge in [-0.25, -0.2) is 0 Å². The Labute approximate surface area is 392 Å². The lowest BCUT2D eigenvalue weighted by Crippen LogP contribution is -2.21. The Balaban J connectivity index is 0.000000197. The van der Waals surface area contributed by atoms with Crippen molar-refractivity contribution in [1.29, 1.82) is 0 Å². The molecule has 0 aromatic heterocycles. The maximum Gasteiger partial charge on any atom is 0.198 e. The highest BCUT2D eigenvalue weighted by atomic mass is 35.5. The van der Waals surface area contributed by atoms with Gasteiger partial charge in [0.25, 0.3) is 0 Å². The topological polar surface area (TPSA) is 210 Å². The first kappa shape index (κ1) is 48.7. The maximum atomic E-state index is 13.2. The number of thioether (sulfide) groups is 2. The molecule has 8 rings (SSSR count). The summed E-state index contributed by atoms with van der Waals surface area (Å²) in [4.78, 5) is 53.6. The number of fused-ring (bicyclic) bond motifs is 6. The third kappa shape index (κ3) is 9.75. The van der Waals surface area contributed by atoms with E-state index < -0.39 is 34.6 Å². The Morgan fingerprint density at radius 2 is 0.719 bits per heavy atom. The summed E-state index contributed by atoms with van der Waals surface area (Å²) in [5.74, 6) is -1.01. The number of benzene rings is 6. The molecule has 334 valence electrons. The Morgan fingerprint density at radius 3 is 0.984 bits per heavy atom. The number of phenols is 4. The summed E-state index contributed by atoms with van der Waals surface area (Å²) in [6.45, 7) is 0.555. The van der Waals surface area contributed by atoms with Gasteiger partial charge in [0.2, 0.25) is 0 Å². The van der Waals surface area contributed by atoms with Crippen molar-refractivity contribution in [3.8, 4) is 23.0 Å². The standard InChI is InChI=1S/C26H26O6S2.C18H8Cl2O4.C4H10OS/c27-9-3-5-11-33-19-13-17-18(14-20(19)34-12-6-4-10-28)26(32)22-21(25(17)31)23(29)15-7-1-2-8-16(15)24(22)30;19-11-5-9-10(6-12(11)20)18(24)14-13(17(9)23)15(21)7-3-1-2-4-8(7)16(14)22;5-3-1-2-4-6/h1-2,7-8,13-14,27-28,31-32H,3-6,9-12H2;1-6,23-24H;5-6H,1-4H2. The molecule has 64 heavy (non-hydrogen) atoms. The molecule has 11 nitrogen and oxygen atoms in total. The van der Waals surface area contributed by atoms with E-state index in [1.165, 1.54) is 24.3 Å². The van der Waals surface area contributed by atoms with Crippen LogP contribution < -0.4 is 0 Å². The monoisotopic (exact) mass is 962 g/mol. The average molecular weight is 964 g/mol. The number of aliphatic hydroxyl groups is 3. The van der Waals surface area contributed by atoms with Crippen LogP contribution in [0.3, 0.4) is 0 Å². The van der Waals surface area contributed by atoms with Gasteiger partial charge in [-0.1, -0.05) is 71.7 Å². The second-order valence-electron chi connectivity index (χ2n) is 14.7. The number of rotatable bonds is 13. The van der Waals surface area contributed by atoms with Crippen molar-refractivity contribution in [3.05, 3.63) is 127 Å². The quantitative estimate of drug-likeness (QED) is 0.0235. The number of carbonyl (C=O) groups is 4. The summed E-state index contributed by atoms with van der Waals surface area (Å²) >= 11 is 19.0. The number of aromatic hydroxyl groups is 4. The van der Waals surface area contributed by atoms with E-state index in [1.807, 2.05) is 0 Å². The molecule has 0 bridgehead atoms. The van der Waals surface area contributed by atoms with Gasteiger partial charge in [-0.2, -0.15) is 12.6 Å². The molecule has 2 aliphatic carbocycles. The number of unbranched alkanes of at least 4 members (excludes halogenated alkanes) is 3. The Kier molecular flexibility index (Phi) is 16.7. The van der Waals surface area contributed by atoms with Crippen LogP contribution in [-0.4, -0.2) is 96.0 Å². The molecule has 0 unspecified atom stereocenters. The van der Waals surface area contributed by atoms with E-state index in [4.69, 9.17) is 38.5 Å². The third-order valence-electron chi connectivity index (χ3n) is 10.5. The highest BCUT2D eigenvalue weighted by molar-refractivity contribution is 8.02. The first-order valence-electron chi connectivity index (χ1n) is 20.3. The summed E-state index contributed by atoms with van der Waals surface area (Å²) < 4.78 is 0. The molecule has 6 aromatic carbocycles. The lowest BCUT2D eigenvalue weighted by atomic mass is 9.81. The summed E-state index contributed by atoms with van der Waals surface area (Å²) in [7, 11) is 0. The van der Waals surface area contributed by atoms with Gasteiger partial charge in [0.1, 0.15) is 23.0 Å². The molecule has 0 saturated heterocycles. The Morgan fingerprint density at radius 1 is 0.438 bits per heavy atom.